The van der Waals surface area contributed by atoms with Crippen molar-refractivity contribution in [1.29, 1.82) is 0 Å². The Hall–Kier alpha value is -3.19. The molecule has 24 heavy (non-hydrogen) atoms. The van der Waals surface area contributed by atoms with Crippen molar-refractivity contribution in [3.8, 4) is 0 Å². The molecule has 0 saturated carbocycles. The average molecular weight is 326 g/mol. The van der Waals surface area contributed by atoms with Gasteiger partial charge in [0.15, 0.2) is 5.78 Å². The van der Waals surface area contributed by atoms with Crippen molar-refractivity contribution in [2.45, 2.75) is 6.92 Å². The highest BCUT2D eigenvalue weighted by Gasteiger charge is 2.07. The van der Waals surface area contributed by atoms with E-state index in [0.717, 1.165) is 0 Å². The monoisotopic (exact) mass is 326 g/mol. The molecule has 7 heteroatoms. The van der Waals surface area contributed by atoms with E-state index < -0.39 is 6.03 Å². The number of carbonyl (C=O) groups excluding carboxylic acids is 3. The predicted molar refractivity (Wildman–Crippen MR) is 93.2 cm³/mol. The molecule has 2 rings (SSSR count). The third kappa shape index (κ3) is 4.92. The summed E-state index contributed by atoms with van der Waals surface area (Å²) < 4.78 is 0. The molecule has 2 aromatic rings. The van der Waals surface area contributed by atoms with E-state index in [1.807, 2.05) is 0 Å². The van der Waals surface area contributed by atoms with Crippen LogP contribution >= 0.6 is 0 Å². The lowest BCUT2D eigenvalue weighted by atomic mass is 10.1. The van der Waals surface area contributed by atoms with Crippen LogP contribution in [-0.2, 0) is 4.79 Å². The number of carbonyl (C=O) groups is 3. The highest BCUT2D eigenvalue weighted by molar-refractivity contribution is 6.02. The second-order valence-electron chi connectivity index (χ2n) is 5.05. The van der Waals surface area contributed by atoms with Gasteiger partial charge in [0, 0.05) is 29.5 Å². The van der Waals surface area contributed by atoms with Gasteiger partial charge < -0.3 is 21.7 Å². The Balaban J connectivity index is 1.98. The molecule has 3 amide bonds. The number of ketones is 1. The van der Waals surface area contributed by atoms with Gasteiger partial charge in [0.05, 0.1) is 6.54 Å². The highest BCUT2D eigenvalue weighted by Crippen LogP contribution is 2.15. The van der Waals surface area contributed by atoms with Crippen LogP contribution in [0.15, 0.2) is 48.5 Å². The summed E-state index contributed by atoms with van der Waals surface area (Å²) in [4.78, 5) is 34.5. The summed E-state index contributed by atoms with van der Waals surface area (Å²) in [5, 5.41) is 7.94. The number of amides is 3. The van der Waals surface area contributed by atoms with Crippen LogP contribution in [0.4, 0.5) is 21.9 Å². The number of Topliss-reactive ketones (excluding diaryl/α,β-unsaturated/α-hetero) is 1. The molecule has 0 aliphatic heterocycles. The Labute approximate surface area is 139 Å². The number of nitrogens with one attached hydrogen (secondary N) is 3. The largest absolute Gasteiger partial charge is 0.326 e. The minimum Gasteiger partial charge on any atom is -0.326 e. The van der Waals surface area contributed by atoms with Crippen LogP contribution in [0.3, 0.4) is 0 Å². The maximum atomic E-state index is 12.0. The molecular weight excluding hydrogens is 308 g/mol. The standard InChI is InChI=1S/C17H18N4O3/c1-11(22)19-13-5-7-14(8-6-13)20-17(24)21-15-4-2-3-12(9-15)16(23)10-18/h2-9H,10,18H2,1H3,(H,19,22)(H2,20,21,24). The third-order valence-corrected chi connectivity index (χ3v) is 3.09. The molecular formula is C17H18N4O3. The van der Waals surface area contributed by atoms with E-state index in [-0.39, 0.29) is 18.2 Å². The fraction of sp³-hybridized carbons (Fsp3) is 0.118. The molecule has 2 aromatic carbocycles. The molecule has 7 nitrogen and oxygen atoms in total. The first kappa shape index (κ1) is 17.2. The van der Waals surface area contributed by atoms with Gasteiger partial charge in [0.2, 0.25) is 5.91 Å². The van der Waals surface area contributed by atoms with Crippen molar-refractivity contribution in [1.82, 2.24) is 0 Å². The van der Waals surface area contributed by atoms with E-state index in [1.165, 1.54) is 6.92 Å². The zero-order chi connectivity index (χ0) is 17.5. The van der Waals surface area contributed by atoms with Gasteiger partial charge in [-0.2, -0.15) is 0 Å². The Kier molecular flexibility index (Phi) is 5.64. The molecule has 0 bridgehead atoms. The fourth-order valence-corrected chi connectivity index (χ4v) is 2.02. The molecule has 0 heterocycles. The minimum atomic E-state index is -0.445. The first-order valence-corrected chi connectivity index (χ1v) is 7.27. The molecule has 0 atom stereocenters. The number of hydrogen-bond acceptors (Lipinski definition) is 4. The molecule has 0 aliphatic carbocycles. The number of nitrogens with two attached hydrogens (primary N) is 1. The molecule has 0 unspecified atom stereocenters. The quantitative estimate of drug-likeness (QED) is 0.632. The van der Waals surface area contributed by atoms with Crippen molar-refractivity contribution in [3.63, 3.8) is 0 Å². The molecule has 0 saturated heterocycles. The van der Waals surface area contributed by atoms with Gasteiger partial charge in [-0.25, -0.2) is 4.79 Å². The van der Waals surface area contributed by atoms with Crippen LogP contribution in [0.2, 0.25) is 0 Å². The lowest BCUT2D eigenvalue weighted by Crippen LogP contribution is -2.20. The van der Waals surface area contributed by atoms with Crippen LogP contribution in [0.5, 0.6) is 0 Å². The van der Waals surface area contributed by atoms with Crippen molar-refractivity contribution >= 4 is 34.8 Å². The summed E-state index contributed by atoms with van der Waals surface area (Å²) in [6.45, 7) is 1.33. The first-order chi connectivity index (χ1) is 11.5. The Morgan fingerprint density at radius 2 is 1.46 bits per heavy atom. The SMILES string of the molecule is CC(=O)Nc1ccc(NC(=O)Nc2cccc(C(=O)CN)c2)cc1. The third-order valence-electron chi connectivity index (χ3n) is 3.09. The highest BCUT2D eigenvalue weighted by atomic mass is 16.2. The number of hydrogen-bond donors (Lipinski definition) is 4. The van der Waals surface area contributed by atoms with Crippen LogP contribution in [0.1, 0.15) is 17.3 Å². The smallest absolute Gasteiger partial charge is 0.323 e. The molecule has 0 radical (unpaired) electrons. The maximum absolute atomic E-state index is 12.0. The van der Waals surface area contributed by atoms with Gasteiger partial charge >= 0.3 is 6.03 Å². The van der Waals surface area contributed by atoms with E-state index in [9.17, 15) is 14.4 Å². The van der Waals surface area contributed by atoms with Crippen LogP contribution < -0.4 is 21.7 Å². The van der Waals surface area contributed by atoms with E-state index in [4.69, 9.17) is 5.73 Å². The average Bonchev–Trinajstić information content (AvgIpc) is 2.55. The van der Waals surface area contributed by atoms with Crippen molar-refractivity contribution in [2.75, 3.05) is 22.5 Å². The van der Waals surface area contributed by atoms with Crippen LogP contribution in [-0.4, -0.2) is 24.3 Å². The number of anilines is 3. The van der Waals surface area contributed by atoms with Gasteiger partial charge in [-0.3, -0.25) is 9.59 Å². The second-order valence-corrected chi connectivity index (χ2v) is 5.05. The summed E-state index contributed by atoms with van der Waals surface area (Å²) in [6.07, 6.45) is 0. The van der Waals surface area contributed by atoms with E-state index in [2.05, 4.69) is 16.0 Å². The molecule has 0 aliphatic rings. The lowest BCUT2D eigenvalue weighted by Gasteiger charge is -2.09. The molecule has 0 spiro atoms. The Morgan fingerprint density at radius 3 is 2.04 bits per heavy atom. The van der Waals surface area contributed by atoms with Gasteiger partial charge in [0.1, 0.15) is 0 Å². The maximum Gasteiger partial charge on any atom is 0.323 e. The fourth-order valence-electron chi connectivity index (χ4n) is 2.02. The van der Waals surface area contributed by atoms with E-state index in [1.54, 1.807) is 48.5 Å². The van der Waals surface area contributed by atoms with Crippen LogP contribution in [0.25, 0.3) is 0 Å². The molecule has 0 fully saturated rings. The zero-order valence-corrected chi connectivity index (χ0v) is 13.1. The summed E-state index contributed by atoms with van der Waals surface area (Å²) in [6, 6.07) is 12.8. The molecule has 5 N–H and O–H groups in total. The molecule has 124 valence electrons. The van der Waals surface area contributed by atoms with E-state index in [0.29, 0.717) is 22.6 Å². The van der Waals surface area contributed by atoms with Crippen molar-refractivity contribution < 1.29 is 14.4 Å². The van der Waals surface area contributed by atoms with Crippen LogP contribution in [0, 0.1) is 0 Å². The van der Waals surface area contributed by atoms with Gasteiger partial charge in [-0.05, 0) is 36.4 Å². The van der Waals surface area contributed by atoms with Gasteiger partial charge in [-0.15, -0.1) is 0 Å². The predicted octanol–water partition coefficient (Wildman–Crippen LogP) is 2.43. The number of benzene rings is 2. The zero-order valence-electron chi connectivity index (χ0n) is 13.1. The summed E-state index contributed by atoms with van der Waals surface area (Å²) in [5.41, 5.74) is 7.46. The van der Waals surface area contributed by atoms with E-state index >= 15 is 0 Å². The minimum absolute atomic E-state index is 0.0870. The molecule has 0 aromatic heterocycles. The first-order valence-electron chi connectivity index (χ1n) is 7.27. The second kappa shape index (κ2) is 7.89. The Bertz CT molecular complexity index is 757. The Morgan fingerprint density at radius 1 is 0.875 bits per heavy atom. The summed E-state index contributed by atoms with van der Waals surface area (Å²) in [5.74, 6) is -0.368. The summed E-state index contributed by atoms with van der Waals surface area (Å²) >= 11 is 0. The van der Waals surface area contributed by atoms with Gasteiger partial charge in [-0.1, -0.05) is 12.1 Å². The normalized spacial score (nSPS) is 9.92. The van der Waals surface area contributed by atoms with Gasteiger partial charge in [0.25, 0.3) is 0 Å². The number of rotatable bonds is 5. The number of urea groups is 1. The summed E-state index contributed by atoms with van der Waals surface area (Å²) in [7, 11) is 0. The topological polar surface area (TPSA) is 113 Å². The van der Waals surface area contributed by atoms with Crippen molar-refractivity contribution in [3.05, 3.63) is 54.1 Å². The lowest BCUT2D eigenvalue weighted by molar-refractivity contribution is -0.114. The van der Waals surface area contributed by atoms with Crippen molar-refractivity contribution in [2.24, 2.45) is 5.73 Å².